The van der Waals surface area contributed by atoms with Gasteiger partial charge >= 0.3 is 0 Å². The molecule has 0 N–H and O–H groups in total. The fraction of sp³-hybridized carbons (Fsp3) is 0.500. The van der Waals surface area contributed by atoms with Crippen LogP contribution in [0.1, 0.15) is 25.0 Å². The van der Waals surface area contributed by atoms with Gasteiger partial charge in [-0.15, -0.1) is 11.1 Å². The Kier molecular flexibility index (Phi) is 6.75. The molecule has 0 aliphatic rings. The maximum Gasteiger partial charge on any atom is 0.129 e. The average molecular weight is 342 g/mol. The summed E-state index contributed by atoms with van der Waals surface area (Å²) in [7, 11) is -2.74. The molecule has 1 aromatic rings. The Labute approximate surface area is 145 Å². The number of hydrogen-bond acceptors (Lipinski definition) is 1. The van der Waals surface area contributed by atoms with Crippen molar-refractivity contribution in [3.05, 3.63) is 29.3 Å². The van der Waals surface area contributed by atoms with Crippen LogP contribution in [0.15, 0.2) is 18.2 Å². The first-order chi connectivity index (χ1) is 10.5. The van der Waals surface area contributed by atoms with E-state index in [1.54, 1.807) is 0 Å². The van der Waals surface area contributed by atoms with Gasteiger partial charge in [-0.1, -0.05) is 51.1 Å². The number of anilines is 1. The van der Waals surface area contributed by atoms with E-state index in [9.17, 15) is 0 Å². The molecule has 1 rings (SSSR count). The molecule has 0 heterocycles. The molecular weight excluding hydrogens is 310 g/mol. The van der Waals surface area contributed by atoms with Crippen LogP contribution in [0.25, 0.3) is 0 Å². The van der Waals surface area contributed by atoms with Gasteiger partial charge in [-0.25, -0.2) is 0 Å². The summed E-state index contributed by atoms with van der Waals surface area (Å²) in [5.41, 5.74) is 10.4. The van der Waals surface area contributed by atoms with E-state index in [4.69, 9.17) is 0 Å². The van der Waals surface area contributed by atoms with E-state index in [1.807, 2.05) is 0 Å². The number of rotatable bonds is 3. The molecule has 1 nitrogen and oxygen atoms in total. The van der Waals surface area contributed by atoms with Crippen molar-refractivity contribution in [2.24, 2.45) is 0 Å². The van der Waals surface area contributed by atoms with Crippen LogP contribution in [-0.2, 0) is 0 Å². The van der Waals surface area contributed by atoms with Crippen LogP contribution in [0, 0.1) is 22.9 Å². The number of hydrogen-bond donors (Lipinski definition) is 0. The predicted molar refractivity (Wildman–Crippen MR) is 110 cm³/mol. The van der Waals surface area contributed by atoms with E-state index >= 15 is 0 Å². The highest BCUT2D eigenvalue weighted by Crippen LogP contribution is 2.19. The fourth-order valence-corrected chi connectivity index (χ4v) is 3.08. The van der Waals surface area contributed by atoms with Crippen molar-refractivity contribution in [3.8, 4) is 22.9 Å². The lowest BCUT2D eigenvalue weighted by atomic mass is 10.1. The molecule has 23 heavy (non-hydrogen) atoms. The zero-order chi connectivity index (χ0) is 17.7. The lowest BCUT2D eigenvalue weighted by molar-refractivity contribution is 0.866. The Morgan fingerprint density at radius 1 is 0.739 bits per heavy atom. The van der Waals surface area contributed by atoms with Crippen molar-refractivity contribution in [3.63, 3.8) is 0 Å². The molecule has 3 heteroatoms. The van der Waals surface area contributed by atoms with Gasteiger partial charge in [0.2, 0.25) is 0 Å². The summed E-state index contributed by atoms with van der Waals surface area (Å²) >= 11 is 0. The second kappa shape index (κ2) is 7.91. The van der Waals surface area contributed by atoms with Crippen molar-refractivity contribution in [1.82, 2.24) is 0 Å². The van der Waals surface area contributed by atoms with E-state index in [2.05, 4.69) is 99.2 Å². The molecule has 0 fully saturated rings. The highest BCUT2D eigenvalue weighted by molar-refractivity contribution is 6.84. The monoisotopic (exact) mass is 341 g/mol. The third kappa shape index (κ3) is 7.59. The summed E-state index contributed by atoms with van der Waals surface area (Å²) < 4.78 is 0. The SMILES string of the molecule is CCN(CC)c1cc(C#C[Si](C)(C)C)cc(C#C[Si](C)(C)C)c1. The fourth-order valence-electron chi connectivity index (χ4n) is 2.05. The normalized spacial score (nSPS) is 11.1. The minimum absolute atomic E-state index is 1.00. The van der Waals surface area contributed by atoms with Gasteiger partial charge in [0.25, 0.3) is 0 Å². The van der Waals surface area contributed by atoms with E-state index in [-0.39, 0.29) is 0 Å². The lowest BCUT2D eigenvalue weighted by Gasteiger charge is -2.21. The Hall–Kier alpha value is -1.43. The summed E-state index contributed by atoms with van der Waals surface area (Å²) in [6.45, 7) is 20.1. The van der Waals surface area contributed by atoms with Gasteiger partial charge < -0.3 is 4.90 Å². The van der Waals surface area contributed by atoms with Gasteiger partial charge in [-0.3, -0.25) is 0 Å². The van der Waals surface area contributed by atoms with Gasteiger partial charge in [-0.2, -0.15) is 0 Å². The summed E-state index contributed by atoms with van der Waals surface area (Å²) in [4.78, 5) is 2.36. The maximum atomic E-state index is 3.47. The molecule has 0 bridgehead atoms. The van der Waals surface area contributed by atoms with Crippen LogP contribution < -0.4 is 4.90 Å². The molecule has 0 atom stereocenters. The first-order valence-corrected chi connectivity index (χ1v) is 15.5. The first kappa shape index (κ1) is 19.6. The molecule has 0 aliphatic heterocycles. The van der Waals surface area contributed by atoms with Crippen LogP contribution in [0.5, 0.6) is 0 Å². The Morgan fingerprint density at radius 2 is 1.13 bits per heavy atom. The van der Waals surface area contributed by atoms with E-state index in [0.717, 1.165) is 24.2 Å². The molecule has 0 saturated heterocycles. The van der Waals surface area contributed by atoms with Crippen LogP contribution in [0.4, 0.5) is 5.69 Å². The molecule has 0 unspecified atom stereocenters. The Balaban J connectivity index is 3.37. The smallest absolute Gasteiger partial charge is 0.129 e. The topological polar surface area (TPSA) is 3.24 Å². The van der Waals surface area contributed by atoms with Gasteiger partial charge in [0.1, 0.15) is 16.1 Å². The maximum absolute atomic E-state index is 3.47. The summed E-state index contributed by atoms with van der Waals surface area (Å²) in [5, 5.41) is 0. The molecule has 0 amide bonds. The van der Waals surface area contributed by atoms with Crippen molar-refractivity contribution in [2.75, 3.05) is 18.0 Å². The second-order valence-electron chi connectivity index (χ2n) is 7.94. The largest absolute Gasteiger partial charge is 0.372 e. The van der Waals surface area contributed by atoms with Crippen molar-refractivity contribution >= 4 is 21.8 Å². The third-order valence-corrected chi connectivity index (χ3v) is 4.96. The molecule has 0 saturated carbocycles. The van der Waals surface area contributed by atoms with Crippen molar-refractivity contribution in [1.29, 1.82) is 0 Å². The van der Waals surface area contributed by atoms with Crippen LogP contribution in [0.2, 0.25) is 39.3 Å². The molecule has 0 spiro atoms. The molecule has 0 aliphatic carbocycles. The molecule has 0 aromatic heterocycles. The van der Waals surface area contributed by atoms with E-state index in [1.165, 1.54) is 5.69 Å². The Bertz CT molecular complexity index is 601. The minimum Gasteiger partial charge on any atom is -0.372 e. The molecular formula is C20H31NSi2. The van der Waals surface area contributed by atoms with E-state index in [0.29, 0.717) is 0 Å². The summed E-state index contributed by atoms with van der Waals surface area (Å²) in [6.07, 6.45) is 0. The average Bonchev–Trinajstić information content (AvgIpc) is 2.43. The summed E-state index contributed by atoms with van der Waals surface area (Å²) in [6, 6.07) is 6.56. The van der Waals surface area contributed by atoms with Gasteiger partial charge in [-0.05, 0) is 32.0 Å². The minimum atomic E-state index is -1.37. The van der Waals surface area contributed by atoms with Crippen molar-refractivity contribution in [2.45, 2.75) is 53.1 Å². The molecule has 1 aromatic carbocycles. The predicted octanol–water partition coefficient (Wildman–Crippen LogP) is 4.99. The van der Waals surface area contributed by atoms with Gasteiger partial charge in [0, 0.05) is 29.9 Å². The highest BCUT2D eigenvalue weighted by Gasteiger charge is 2.10. The molecule has 0 radical (unpaired) electrons. The van der Waals surface area contributed by atoms with Gasteiger partial charge in [0.15, 0.2) is 0 Å². The quantitative estimate of drug-likeness (QED) is 0.553. The van der Waals surface area contributed by atoms with Crippen molar-refractivity contribution < 1.29 is 0 Å². The number of benzene rings is 1. The lowest BCUT2D eigenvalue weighted by Crippen LogP contribution is -2.22. The molecule has 124 valence electrons. The zero-order valence-electron chi connectivity index (χ0n) is 16.1. The standard InChI is InChI=1S/C20H31NSi2/c1-9-21(10-2)20-16-18(11-13-22(3,4)5)15-19(17-20)12-14-23(6,7)8/h15-17H,9-10H2,1-8H3. The van der Waals surface area contributed by atoms with Crippen LogP contribution >= 0.6 is 0 Å². The van der Waals surface area contributed by atoms with Crippen LogP contribution in [0.3, 0.4) is 0 Å². The van der Waals surface area contributed by atoms with Gasteiger partial charge in [0.05, 0.1) is 0 Å². The van der Waals surface area contributed by atoms with E-state index < -0.39 is 16.1 Å². The second-order valence-corrected chi connectivity index (χ2v) is 17.4. The third-order valence-electron chi connectivity index (χ3n) is 3.21. The van der Waals surface area contributed by atoms with Crippen LogP contribution in [-0.4, -0.2) is 29.2 Å². The zero-order valence-corrected chi connectivity index (χ0v) is 18.1. The summed E-state index contributed by atoms with van der Waals surface area (Å²) in [5.74, 6) is 6.79. The Morgan fingerprint density at radius 3 is 1.43 bits per heavy atom. The number of nitrogens with zero attached hydrogens (tertiary/aromatic N) is 1. The highest BCUT2D eigenvalue weighted by atomic mass is 28.3. The first-order valence-electron chi connectivity index (χ1n) is 8.50.